The molecule has 0 spiro atoms. The summed E-state index contributed by atoms with van der Waals surface area (Å²) in [6, 6.07) is 12.6. The number of H-pyrrole nitrogens is 1. The van der Waals surface area contributed by atoms with Crippen LogP contribution in [0.1, 0.15) is 5.56 Å². The molecule has 1 aromatic heterocycles. The Morgan fingerprint density at radius 1 is 1.12 bits per heavy atom. The summed E-state index contributed by atoms with van der Waals surface area (Å²) in [5.41, 5.74) is 0.767. The van der Waals surface area contributed by atoms with Crippen LogP contribution in [-0.2, 0) is 11.3 Å². The predicted octanol–water partition coefficient (Wildman–Crippen LogP) is 3.50. The van der Waals surface area contributed by atoms with E-state index in [1.807, 2.05) is 0 Å². The van der Waals surface area contributed by atoms with Gasteiger partial charge in [0.05, 0.1) is 11.3 Å². The van der Waals surface area contributed by atoms with Crippen LogP contribution in [0, 0.1) is 11.6 Å². The number of carbonyl (C=O) groups is 1. The molecule has 8 heteroatoms. The molecule has 0 aliphatic carbocycles. The number of hydrogen-bond acceptors (Lipinski definition) is 4. The average Bonchev–Trinajstić information content (AvgIpc) is 3.10. The number of carbonyl (C=O) groups excluding carboxylic acids is 1. The van der Waals surface area contributed by atoms with Gasteiger partial charge < -0.3 is 4.90 Å². The Kier molecular flexibility index (Phi) is 5.62. The summed E-state index contributed by atoms with van der Waals surface area (Å²) >= 11 is 1.13. The quantitative estimate of drug-likeness (QED) is 0.671. The maximum Gasteiger partial charge on any atom is 0.233 e. The Balaban J connectivity index is 1.58. The van der Waals surface area contributed by atoms with Crippen LogP contribution in [0.4, 0.5) is 8.78 Å². The molecular weight excluding hydrogens is 358 g/mol. The molecule has 0 aliphatic rings. The normalized spacial score (nSPS) is 10.7. The van der Waals surface area contributed by atoms with E-state index in [1.165, 1.54) is 17.0 Å². The van der Waals surface area contributed by atoms with E-state index >= 15 is 0 Å². The molecule has 0 fully saturated rings. The SMILES string of the molecule is CN(Cc1ccccc1F)C(=O)CSc1n[nH]c(-c2ccccc2F)n1. The highest BCUT2D eigenvalue weighted by Gasteiger charge is 2.15. The van der Waals surface area contributed by atoms with Gasteiger partial charge >= 0.3 is 0 Å². The largest absolute Gasteiger partial charge is 0.341 e. The maximum absolute atomic E-state index is 13.8. The van der Waals surface area contributed by atoms with Crippen LogP contribution in [0.3, 0.4) is 0 Å². The Bertz CT molecular complexity index is 915. The number of amides is 1. The predicted molar refractivity (Wildman–Crippen MR) is 95.4 cm³/mol. The lowest BCUT2D eigenvalue weighted by molar-refractivity contribution is -0.127. The van der Waals surface area contributed by atoms with Crippen molar-refractivity contribution < 1.29 is 13.6 Å². The highest BCUT2D eigenvalue weighted by Crippen LogP contribution is 2.21. The third-order valence-corrected chi connectivity index (χ3v) is 4.54. The molecule has 2 aromatic carbocycles. The summed E-state index contributed by atoms with van der Waals surface area (Å²) in [6.07, 6.45) is 0. The van der Waals surface area contributed by atoms with Crippen LogP contribution < -0.4 is 0 Å². The van der Waals surface area contributed by atoms with Gasteiger partial charge in [-0.1, -0.05) is 42.1 Å². The van der Waals surface area contributed by atoms with Crippen molar-refractivity contribution in [1.82, 2.24) is 20.1 Å². The Labute approximate surface area is 153 Å². The monoisotopic (exact) mass is 374 g/mol. The number of nitrogens with one attached hydrogen (secondary N) is 1. The maximum atomic E-state index is 13.8. The second-order valence-electron chi connectivity index (χ2n) is 5.58. The number of hydrogen-bond donors (Lipinski definition) is 1. The zero-order valence-electron chi connectivity index (χ0n) is 13.9. The van der Waals surface area contributed by atoms with Crippen molar-refractivity contribution in [1.29, 1.82) is 0 Å². The van der Waals surface area contributed by atoms with Crippen LogP contribution >= 0.6 is 11.8 Å². The minimum Gasteiger partial charge on any atom is -0.341 e. The van der Waals surface area contributed by atoms with Crippen LogP contribution in [0.2, 0.25) is 0 Å². The second kappa shape index (κ2) is 8.09. The summed E-state index contributed by atoms with van der Waals surface area (Å²) in [4.78, 5) is 17.9. The number of thioether (sulfide) groups is 1. The first kappa shape index (κ1) is 18.1. The molecule has 0 radical (unpaired) electrons. The van der Waals surface area contributed by atoms with Crippen molar-refractivity contribution in [2.45, 2.75) is 11.7 Å². The lowest BCUT2D eigenvalue weighted by Gasteiger charge is -2.17. The Hall–Kier alpha value is -2.74. The lowest BCUT2D eigenvalue weighted by Crippen LogP contribution is -2.28. The average molecular weight is 374 g/mol. The second-order valence-corrected chi connectivity index (χ2v) is 6.52. The summed E-state index contributed by atoms with van der Waals surface area (Å²) in [7, 11) is 1.61. The smallest absolute Gasteiger partial charge is 0.233 e. The minimum atomic E-state index is -0.402. The van der Waals surface area contributed by atoms with Crippen molar-refractivity contribution in [2.75, 3.05) is 12.8 Å². The van der Waals surface area contributed by atoms with E-state index in [2.05, 4.69) is 15.2 Å². The first-order valence-corrected chi connectivity index (χ1v) is 8.80. The molecule has 134 valence electrons. The zero-order valence-corrected chi connectivity index (χ0v) is 14.8. The molecule has 0 saturated heterocycles. The lowest BCUT2D eigenvalue weighted by atomic mass is 10.2. The molecule has 3 aromatic rings. The Morgan fingerprint density at radius 2 is 1.81 bits per heavy atom. The van der Waals surface area contributed by atoms with Gasteiger partial charge in [-0.05, 0) is 18.2 Å². The van der Waals surface area contributed by atoms with Crippen molar-refractivity contribution in [2.24, 2.45) is 0 Å². The molecule has 1 amide bonds. The summed E-state index contributed by atoms with van der Waals surface area (Å²) in [5.74, 6) is -0.531. The fraction of sp³-hybridized carbons (Fsp3) is 0.167. The Morgan fingerprint density at radius 3 is 2.54 bits per heavy atom. The van der Waals surface area contributed by atoms with E-state index in [-0.39, 0.29) is 24.0 Å². The molecule has 0 aliphatic heterocycles. The topological polar surface area (TPSA) is 61.9 Å². The first-order chi connectivity index (χ1) is 12.5. The van der Waals surface area contributed by atoms with Gasteiger partial charge in [0.2, 0.25) is 11.1 Å². The van der Waals surface area contributed by atoms with Gasteiger partial charge in [-0.3, -0.25) is 9.89 Å². The third kappa shape index (κ3) is 4.26. The standard InChI is InChI=1S/C18H16F2N4OS/c1-24(10-12-6-2-4-8-14(12)19)16(25)11-26-18-21-17(22-23-18)13-7-3-5-9-15(13)20/h2-9H,10-11H2,1H3,(H,21,22,23). The van der Waals surface area contributed by atoms with E-state index in [1.54, 1.807) is 43.4 Å². The van der Waals surface area contributed by atoms with E-state index in [0.29, 0.717) is 22.1 Å². The molecule has 26 heavy (non-hydrogen) atoms. The fourth-order valence-electron chi connectivity index (χ4n) is 2.29. The number of aromatic nitrogens is 3. The first-order valence-electron chi connectivity index (χ1n) is 7.82. The number of benzene rings is 2. The third-order valence-electron chi connectivity index (χ3n) is 3.71. The van der Waals surface area contributed by atoms with Gasteiger partial charge in [0.25, 0.3) is 0 Å². The summed E-state index contributed by atoms with van der Waals surface area (Å²) < 4.78 is 27.4. The molecule has 0 unspecified atom stereocenters. The highest BCUT2D eigenvalue weighted by atomic mass is 32.2. The van der Waals surface area contributed by atoms with Crippen molar-refractivity contribution in [3.05, 3.63) is 65.7 Å². The van der Waals surface area contributed by atoms with Crippen LogP contribution in [0.25, 0.3) is 11.4 Å². The van der Waals surface area contributed by atoms with Crippen molar-refractivity contribution >= 4 is 17.7 Å². The fourth-order valence-corrected chi connectivity index (χ4v) is 3.03. The minimum absolute atomic E-state index is 0.0967. The highest BCUT2D eigenvalue weighted by molar-refractivity contribution is 7.99. The van der Waals surface area contributed by atoms with E-state index < -0.39 is 5.82 Å². The number of aromatic amines is 1. The van der Waals surface area contributed by atoms with Gasteiger partial charge in [-0.25, -0.2) is 13.8 Å². The molecule has 1 heterocycles. The van der Waals surface area contributed by atoms with E-state index in [9.17, 15) is 13.6 Å². The molecule has 0 saturated carbocycles. The zero-order chi connectivity index (χ0) is 18.5. The molecular formula is C18H16F2N4OS. The number of nitrogens with zero attached hydrogens (tertiary/aromatic N) is 3. The van der Waals surface area contributed by atoms with E-state index in [4.69, 9.17) is 0 Å². The molecule has 0 bridgehead atoms. The van der Waals surface area contributed by atoms with E-state index in [0.717, 1.165) is 11.8 Å². The number of halogens is 2. The molecule has 1 N–H and O–H groups in total. The van der Waals surface area contributed by atoms with Crippen molar-refractivity contribution in [3.63, 3.8) is 0 Å². The van der Waals surface area contributed by atoms with Crippen molar-refractivity contribution in [3.8, 4) is 11.4 Å². The summed E-state index contributed by atoms with van der Waals surface area (Å²) in [6.45, 7) is 0.181. The van der Waals surface area contributed by atoms with Gasteiger partial charge in [0.15, 0.2) is 5.82 Å². The van der Waals surface area contributed by atoms with Gasteiger partial charge in [-0.2, -0.15) is 0 Å². The van der Waals surface area contributed by atoms with Crippen LogP contribution in [-0.4, -0.2) is 38.8 Å². The number of rotatable bonds is 6. The van der Waals surface area contributed by atoms with Gasteiger partial charge in [0.1, 0.15) is 11.6 Å². The van der Waals surface area contributed by atoms with Gasteiger partial charge in [-0.15, -0.1) is 5.10 Å². The van der Waals surface area contributed by atoms with Crippen LogP contribution in [0.5, 0.6) is 0 Å². The van der Waals surface area contributed by atoms with Gasteiger partial charge in [0, 0.05) is 19.2 Å². The van der Waals surface area contributed by atoms with Crippen LogP contribution in [0.15, 0.2) is 53.7 Å². The molecule has 3 rings (SSSR count). The molecule has 5 nitrogen and oxygen atoms in total. The molecule has 0 atom stereocenters. The summed E-state index contributed by atoms with van der Waals surface area (Å²) in [5, 5.41) is 7.00.